The first-order valence-corrected chi connectivity index (χ1v) is 10.4. The highest BCUT2D eigenvalue weighted by Crippen LogP contribution is 2.29. The summed E-state index contributed by atoms with van der Waals surface area (Å²) in [6.07, 6.45) is 4.99. The van der Waals surface area contributed by atoms with Crippen LogP contribution in [0.25, 0.3) is 0 Å². The lowest BCUT2D eigenvalue weighted by Crippen LogP contribution is -2.36. The maximum Gasteiger partial charge on any atom is 0.321 e. The topological polar surface area (TPSA) is 91.4 Å². The van der Waals surface area contributed by atoms with Crippen LogP contribution in [0.1, 0.15) is 43.2 Å². The summed E-state index contributed by atoms with van der Waals surface area (Å²) in [6, 6.07) is 0.0378. The Morgan fingerprint density at radius 1 is 1.39 bits per heavy atom. The van der Waals surface area contributed by atoms with Crippen LogP contribution in [-0.2, 0) is 23.0 Å². The van der Waals surface area contributed by atoms with Gasteiger partial charge in [-0.3, -0.25) is 5.32 Å². The van der Waals surface area contributed by atoms with Crippen molar-refractivity contribution in [2.75, 3.05) is 17.6 Å². The van der Waals surface area contributed by atoms with Crippen LogP contribution < -0.4 is 10.6 Å². The van der Waals surface area contributed by atoms with E-state index < -0.39 is 10.0 Å². The lowest BCUT2D eigenvalue weighted by Gasteiger charge is -2.24. The highest BCUT2D eigenvalue weighted by Gasteiger charge is 2.28. The van der Waals surface area contributed by atoms with Gasteiger partial charge < -0.3 is 5.32 Å². The number of carbonyl (C=O) groups is 1. The van der Waals surface area contributed by atoms with Gasteiger partial charge in [0.25, 0.3) is 0 Å². The van der Waals surface area contributed by atoms with Crippen LogP contribution in [0, 0.1) is 0 Å². The average Bonchev–Trinajstić information content (AvgIpc) is 3.14. The summed E-state index contributed by atoms with van der Waals surface area (Å²) >= 11 is 1.36. The number of anilines is 1. The Morgan fingerprint density at radius 2 is 2.13 bits per heavy atom. The molecule has 1 aromatic rings. The zero-order chi connectivity index (χ0) is 16.4. The SMILES string of the molecule is CCS(=O)(=O)N1CCc2nc(NC(=O)NC3CCCC3)sc2C1. The summed E-state index contributed by atoms with van der Waals surface area (Å²) in [5.41, 5.74) is 0.897. The number of carbonyl (C=O) groups excluding carboxylic acids is 1. The molecule has 0 radical (unpaired) electrons. The number of urea groups is 1. The molecule has 1 aliphatic carbocycles. The molecule has 9 heteroatoms. The Labute approximate surface area is 140 Å². The number of rotatable bonds is 4. The van der Waals surface area contributed by atoms with Crippen LogP contribution in [0.3, 0.4) is 0 Å². The van der Waals surface area contributed by atoms with Gasteiger partial charge in [-0.15, -0.1) is 0 Å². The zero-order valence-corrected chi connectivity index (χ0v) is 14.8. The van der Waals surface area contributed by atoms with Gasteiger partial charge in [-0.1, -0.05) is 24.2 Å². The van der Waals surface area contributed by atoms with Crippen molar-refractivity contribution < 1.29 is 13.2 Å². The lowest BCUT2D eigenvalue weighted by molar-refractivity contribution is 0.248. The maximum atomic E-state index is 12.0. The molecule has 0 aromatic carbocycles. The number of nitrogens with zero attached hydrogens (tertiary/aromatic N) is 2. The zero-order valence-electron chi connectivity index (χ0n) is 13.2. The van der Waals surface area contributed by atoms with Crippen molar-refractivity contribution in [1.29, 1.82) is 0 Å². The van der Waals surface area contributed by atoms with Crippen LogP contribution in [0.15, 0.2) is 0 Å². The van der Waals surface area contributed by atoms with E-state index in [1.54, 1.807) is 6.92 Å². The minimum Gasteiger partial charge on any atom is -0.335 e. The van der Waals surface area contributed by atoms with Crippen molar-refractivity contribution in [2.24, 2.45) is 0 Å². The van der Waals surface area contributed by atoms with Crippen LogP contribution in [0.5, 0.6) is 0 Å². The molecule has 3 rings (SSSR count). The molecule has 2 N–H and O–H groups in total. The Balaban J connectivity index is 1.62. The second-order valence-electron chi connectivity index (χ2n) is 5.95. The molecule has 0 atom stereocenters. The number of nitrogens with one attached hydrogen (secondary N) is 2. The molecular formula is C14H22N4O3S2. The molecule has 23 heavy (non-hydrogen) atoms. The van der Waals surface area contributed by atoms with Crippen molar-refractivity contribution >= 4 is 32.5 Å². The second kappa shape index (κ2) is 6.74. The van der Waals surface area contributed by atoms with Crippen LogP contribution in [0.4, 0.5) is 9.93 Å². The normalized spacial score (nSPS) is 19.5. The first-order valence-electron chi connectivity index (χ1n) is 8.02. The van der Waals surface area contributed by atoms with Gasteiger partial charge in [0.05, 0.1) is 11.4 Å². The molecule has 1 aliphatic heterocycles. The highest BCUT2D eigenvalue weighted by atomic mass is 32.2. The number of hydrogen-bond donors (Lipinski definition) is 2. The second-order valence-corrected chi connectivity index (χ2v) is 9.29. The van der Waals surface area contributed by atoms with Gasteiger partial charge in [0, 0.05) is 30.4 Å². The Bertz CT molecular complexity index is 680. The van der Waals surface area contributed by atoms with Gasteiger partial charge in [-0.05, 0) is 19.8 Å². The van der Waals surface area contributed by atoms with Crippen LogP contribution in [-0.4, -0.2) is 42.1 Å². The average molecular weight is 358 g/mol. The summed E-state index contributed by atoms with van der Waals surface area (Å²) in [5, 5.41) is 6.29. The monoisotopic (exact) mass is 358 g/mol. The molecule has 2 aliphatic rings. The largest absolute Gasteiger partial charge is 0.335 e. The quantitative estimate of drug-likeness (QED) is 0.860. The molecular weight excluding hydrogens is 336 g/mol. The first kappa shape index (κ1) is 16.7. The fraction of sp³-hybridized carbons (Fsp3) is 0.714. The van der Waals surface area contributed by atoms with Gasteiger partial charge >= 0.3 is 6.03 Å². The molecule has 1 fully saturated rings. The summed E-state index contributed by atoms with van der Waals surface area (Å²) in [4.78, 5) is 17.3. The Morgan fingerprint density at radius 3 is 2.83 bits per heavy atom. The van der Waals surface area contributed by atoms with Gasteiger partial charge in [-0.2, -0.15) is 4.31 Å². The number of hydrogen-bond acceptors (Lipinski definition) is 5. The van der Waals surface area contributed by atoms with E-state index >= 15 is 0 Å². The van der Waals surface area contributed by atoms with E-state index in [0.717, 1.165) is 36.3 Å². The molecule has 0 spiro atoms. The number of thiazole rings is 1. The predicted molar refractivity (Wildman–Crippen MR) is 90.1 cm³/mol. The van der Waals surface area contributed by atoms with Crippen molar-refractivity contribution in [1.82, 2.24) is 14.6 Å². The molecule has 1 aromatic heterocycles. The molecule has 0 bridgehead atoms. The minimum absolute atomic E-state index is 0.107. The van der Waals surface area contributed by atoms with Crippen molar-refractivity contribution in [3.8, 4) is 0 Å². The van der Waals surface area contributed by atoms with Gasteiger partial charge in [0.1, 0.15) is 0 Å². The smallest absolute Gasteiger partial charge is 0.321 e. The Kier molecular flexibility index (Phi) is 4.88. The lowest BCUT2D eigenvalue weighted by atomic mass is 10.2. The molecule has 2 amide bonds. The fourth-order valence-corrected chi connectivity index (χ4v) is 5.20. The van der Waals surface area contributed by atoms with Crippen molar-refractivity contribution in [3.05, 3.63) is 10.6 Å². The van der Waals surface area contributed by atoms with E-state index in [9.17, 15) is 13.2 Å². The van der Waals surface area contributed by atoms with E-state index in [2.05, 4.69) is 15.6 Å². The van der Waals surface area contributed by atoms with Crippen molar-refractivity contribution in [3.63, 3.8) is 0 Å². The van der Waals surface area contributed by atoms with Gasteiger partial charge in [-0.25, -0.2) is 18.2 Å². The summed E-state index contributed by atoms with van der Waals surface area (Å²) in [6.45, 7) is 2.47. The fourth-order valence-electron chi connectivity index (χ4n) is 3.03. The number of sulfonamides is 1. The molecule has 1 saturated carbocycles. The number of amides is 2. The third kappa shape index (κ3) is 3.84. The van der Waals surface area contributed by atoms with E-state index in [-0.39, 0.29) is 17.8 Å². The van der Waals surface area contributed by atoms with Gasteiger partial charge in [0.15, 0.2) is 5.13 Å². The van der Waals surface area contributed by atoms with E-state index in [4.69, 9.17) is 0 Å². The molecule has 7 nitrogen and oxygen atoms in total. The van der Waals surface area contributed by atoms with E-state index in [1.807, 2.05) is 0 Å². The highest BCUT2D eigenvalue weighted by molar-refractivity contribution is 7.89. The third-order valence-electron chi connectivity index (χ3n) is 4.37. The van der Waals surface area contributed by atoms with E-state index in [1.165, 1.54) is 15.6 Å². The summed E-state index contributed by atoms with van der Waals surface area (Å²) < 4.78 is 25.4. The standard InChI is InChI=1S/C14H22N4O3S2/c1-2-23(20,21)18-8-7-11-12(9-18)22-14(16-11)17-13(19)15-10-5-3-4-6-10/h10H,2-9H2,1H3,(H2,15,16,17,19). The molecule has 0 unspecified atom stereocenters. The predicted octanol–water partition coefficient (Wildman–Crippen LogP) is 1.91. The van der Waals surface area contributed by atoms with Crippen LogP contribution >= 0.6 is 11.3 Å². The minimum atomic E-state index is -3.18. The van der Waals surface area contributed by atoms with Gasteiger partial charge in [0.2, 0.25) is 10.0 Å². The molecule has 128 valence electrons. The molecule has 2 heterocycles. The van der Waals surface area contributed by atoms with Crippen molar-refractivity contribution in [2.45, 2.75) is 51.6 Å². The first-order chi connectivity index (χ1) is 11.0. The third-order valence-corrected chi connectivity index (χ3v) is 7.19. The Hall–Kier alpha value is -1.19. The van der Waals surface area contributed by atoms with Crippen LogP contribution in [0.2, 0.25) is 0 Å². The number of aromatic nitrogens is 1. The number of fused-ring (bicyclic) bond motifs is 1. The maximum absolute atomic E-state index is 12.0. The summed E-state index contributed by atoms with van der Waals surface area (Å²) in [7, 11) is -3.18. The molecule has 0 saturated heterocycles. The van der Waals surface area contributed by atoms with E-state index in [0.29, 0.717) is 24.6 Å². The summed E-state index contributed by atoms with van der Waals surface area (Å²) in [5.74, 6) is 0.107.